The molecule has 2 fully saturated rings. The van der Waals surface area contributed by atoms with Gasteiger partial charge in [0, 0.05) is 38.9 Å². The number of allylic oxidation sites excluding steroid dienone is 1. The normalized spacial score (nSPS) is 25.6. The van der Waals surface area contributed by atoms with Crippen molar-refractivity contribution in [3.63, 3.8) is 0 Å². The first-order valence-corrected chi connectivity index (χ1v) is 14.8. The first kappa shape index (κ1) is 32.3. The highest BCUT2D eigenvalue weighted by atomic mass is 16.7. The van der Waals surface area contributed by atoms with E-state index >= 15 is 0 Å². The molecule has 0 amide bonds. The summed E-state index contributed by atoms with van der Waals surface area (Å²) >= 11 is 0. The Morgan fingerprint density at radius 3 is 2.67 bits per heavy atom. The summed E-state index contributed by atoms with van der Waals surface area (Å²) < 4.78 is 28.1. The van der Waals surface area contributed by atoms with Crippen molar-refractivity contribution in [2.75, 3.05) is 20.8 Å². The minimum Gasteiger partial charge on any atom is -0.467 e. The molecule has 0 aromatic heterocycles. The van der Waals surface area contributed by atoms with Crippen LogP contribution < -0.4 is 0 Å². The molecule has 1 aliphatic heterocycles. The molecule has 0 radical (unpaired) electrons. The van der Waals surface area contributed by atoms with Crippen molar-refractivity contribution in [2.45, 2.75) is 109 Å². The van der Waals surface area contributed by atoms with Gasteiger partial charge >= 0.3 is 11.9 Å². The number of methoxy groups -OCH3 is 2. The fraction of sp³-hybridized carbons (Fsp3) is 0.688. The van der Waals surface area contributed by atoms with Crippen LogP contribution >= 0.6 is 0 Å². The average Bonchev–Trinajstić information content (AvgIpc) is 3.25. The van der Waals surface area contributed by atoms with E-state index in [0.29, 0.717) is 26.1 Å². The number of esters is 2. The zero-order valence-electron chi connectivity index (χ0n) is 24.4. The molecule has 1 saturated carbocycles. The van der Waals surface area contributed by atoms with Crippen LogP contribution in [0.4, 0.5) is 0 Å². The number of aryl methyl sites for hydroxylation is 1. The highest BCUT2D eigenvalue weighted by Gasteiger charge is 2.45. The maximum atomic E-state index is 12.0. The molecule has 2 aliphatic rings. The first-order chi connectivity index (χ1) is 19.4. The van der Waals surface area contributed by atoms with E-state index in [9.17, 15) is 14.7 Å². The van der Waals surface area contributed by atoms with Gasteiger partial charge in [0.1, 0.15) is 6.10 Å². The summed E-state index contributed by atoms with van der Waals surface area (Å²) in [6.45, 7) is 2.79. The Balaban J connectivity index is 1.65. The standard InChI is InChI=1S/C32H48O8/c1-23(33)39-29-21-30(40-31-18-9-10-19-38-31)27(26(29)15-5-4-6-17-28(34)32(35)37-3)16-8-7-12-24-13-11-14-25(20-24)22-36-2/h8,11,13-14,16,20,26-31,34H,4-7,9-10,12,15,17-19,21-22H2,1-3H3/t26-,27-,28?,29+,30-,31?/m1/s1. The number of hydrogen-bond acceptors (Lipinski definition) is 8. The zero-order valence-corrected chi connectivity index (χ0v) is 24.4. The Morgan fingerprint density at radius 2 is 1.95 bits per heavy atom. The van der Waals surface area contributed by atoms with Crippen LogP contribution in [0.25, 0.3) is 0 Å². The molecule has 8 heteroatoms. The van der Waals surface area contributed by atoms with Crippen molar-refractivity contribution >= 4 is 11.9 Å². The number of carbonyl (C=O) groups excluding carboxylic acids is 2. The molecular weight excluding hydrogens is 512 g/mol. The predicted molar refractivity (Wildman–Crippen MR) is 151 cm³/mol. The Bertz CT molecular complexity index is 925. The molecule has 40 heavy (non-hydrogen) atoms. The van der Waals surface area contributed by atoms with Gasteiger partial charge in [0.2, 0.25) is 0 Å². The fourth-order valence-corrected chi connectivity index (χ4v) is 5.93. The molecule has 6 atom stereocenters. The molecule has 1 heterocycles. The van der Waals surface area contributed by atoms with Gasteiger partial charge in [-0.15, -0.1) is 0 Å². The van der Waals surface area contributed by atoms with Gasteiger partial charge in [-0.3, -0.25) is 4.79 Å². The fourth-order valence-electron chi connectivity index (χ4n) is 5.93. The van der Waals surface area contributed by atoms with Gasteiger partial charge in [0.05, 0.1) is 19.8 Å². The maximum absolute atomic E-state index is 12.0. The van der Waals surface area contributed by atoms with Gasteiger partial charge in [-0.25, -0.2) is 4.79 Å². The first-order valence-electron chi connectivity index (χ1n) is 14.8. The van der Waals surface area contributed by atoms with Crippen molar-refractivity contribution < 1.29 is 38.4 Å². The molecule has 8 nitrogen and oxygen atoms in total. The Kier molecular flexibility index (Phi) is 14.1. The van der Waals surface area contributed by atoms with Crippen LogP contribution in [0.3, 0.4) is 0 Å². The molecule has 1 aromatic carbocycles. The third-order valence-electron chi connectivity index (χ3n) is 7.90. The van der Waals surface area contributed by atoms with Crippen LogP contribution in [-0.2, 0) is 46.3 Å². The van der Waals surface area contributed by atoms with Crippen LogP contribution in [0.1, 0.15) is 82.3 Å². The van der Waals surface area contributed by atoms with Gasteiger partial charge in [-0.1, -0.05) is 55.7 Å². The molecule has 1 aliphatic carbocycles. The second kappa shape index (κ2) is 17.5. The lowest BCUT2D eigenvalue weighted by atomic mass is 9.87. The number of rotatable bonds is 16. The number of aliphatic hydroxyl groups excluding tert-OH is 1. The molecule has 1 N–H and O–H groups in total. The molecule has 0 spiro atoms. The lowest BCUT2D eigenvalue weighted by Gasteiger charge is -2.29. The lowest BCUT2D eigenvalue weighted by molar-refractivity contribution is -0.193. The second-order valence-corrected chi connectivity index (χ2v) is 11.0. The molecule has 1 saturated heterocycles. The zero-order chi connectivity index (χ0) is 28.7. The number of benzene rings is 1. The van der Waals surface area contributed by atoms with Crippen LogP contribution in [-0.4, -0.2) is 62.5 Å². The Morgan fingerprint density at radius 1 is 1.12 bits per heavy atom. The summed E-state index contributed by atoms with van der Waals surface area (Å²) in [5.74, 6) is -0.629. The predicted octanol–water partition coefficient (Wildman–Crippen LogP) is 5.29. The van der Waals surface area contributed by atoms with Crippen LogP contribution in [0, 0.1) is 11.8 Å². The smallest absolute Gasteiger partial charge is 0.334 e. The second-order valence-electron chi connectivity index (χ2n) is 11.0. The van der Waals surface area contributed by atoms with Crippen molar-refractivity contribution in [2.24, 2.45) is 11.8 Å². The number of ether oxygens (including phenoxy) is 5. The van der Waals surface area contributed by atoms with E-state index in [4.69, 9.17) is 18.9 Å². The van der Waals surface area contributed by atoms with Crippen molar-refractivity contribution in [1.29, 1.82) is 0 Å². The summed E-state index contributed by atoms with van der Waals surface area (Å²) in [4.78, 5) is 23.5. The quantitative estimate of drug-likeness (QED) is 0.165. The molecule has 1 aromatic rings. The summed E-state index contributed by atoms with van der Waals surface area (Å²) in [5.41, 5.74) is 2.45. The monoisotopic (exact) mass is 560 g/mol. The van der Waals surface area contributed by atoms with E-state index in [1.165, 1.54) is 25.2 Å². The van der Waals surface area contributed by atoms with Gasteiger partial charge in [-0.05, 0) is 56.1 Å². The van der Waals surface area contributed by atoms with Crippen LogP contribution in [0.15, 0.2) is 36.4 Å². The highest BCUT2D eigenvalue weighted by Crippen LogP contribution is 2.42. The van der Waals surface area contributed by atoms with E-state index in [1.807, 2.05) is 0 Å². The van der Waals surface area contributed by atoms with Crippen molar-refractivity contribution in [3.05, 3.63) is 47.5 Å². The Hall–Kier alpha value is -2.26. The number of hydrogen-bond donors (Lipinski definition) is 1. The van der Waals surface area contributed by atoms with E-state index < -0.39 is 12.1 Å². The Labute approximate surface area is 239 Å². The largest absolute Gasteiger partial charge is 0.467 e. The van der Waals surface area contributed by atoms with E-state index in [2.05, 4.69) is 41.2 Å². The van der Waals surface area contributed by atoms with E-state index in [-0.39, 0.29) is 36.3 Å². The van der Waals surface area contributed by atoms with Crippen molar-refractivity contribution in [3.8, 4) is 0 Å². The molecule has 224 valence electrons. The number of aliphatic hydroxyl groups is 1. The van der Waals surface area contributed by atoms with Gasteiger partial charge in [0.25, 0.3) is 0 Å². The molecule has 0 bridgehead atoms. The topological polar surface area (TPSA) is 101 Å². The maximum Gasteiger partial charge on any atom is 0.334 e. The summed E-state index contributed by atoms with van der Waals surface area (Å²) in [7, 11) is 2.99. The lowest BCUT2D eigenvalue weighted by Crippen LogP contribution is -2.30. The van der Waals surface area contributed by atoms with Crippen LogP contribution in [0.5, 0.6) is 0 Å². The van der Waals surface area contributed by atoms with Gasteiger partial charge in [-0.2, -0.15) is 0 Å². The molecule has 3 rings (SSSR count). The summed E-state index contributed by atoms with van der Waals surface area (Å²) in [6.07, 6.45) is 12.2. The minimum atomic E-state index is -1.08. The highest BCUT2D eigenvalue weighted by molar-refractivity contribution is 5.74. The summed E-state index contributed by atoms with van der Waals surface area (Å²) in [6, 6.07) is 8.48. The average molecular weight is 561 g/mol. The van der Waals surface area contributed by atoms with Gasteiger partial charge < -0.3 is 28.8 Å². The van der Waals surface area contributed by atoms with E-state index in [1.54, 1.807) is 7.11 Å². The summed E-state index contributed by atoms with van der Waals surface area (Å²) in [5, 5.41) is 9.87. The van der Waals surface area contributed by atoms with Crippen LogP contribution in [0.2, 0.25) is 0 Å². The molecule has 2 unspecified atom stereocenters. The van der Waals surface area contributed by atoms with Gasteiger partial charge in [0.15, 0.2) is 12.4 Å². The third kappa shape index (κ3) is 10.6. The van der Waals surface area contributed by atoms with Crippen molar-refractivity contribution in [1.82, 2.24) is 0 Å². The minimum absolute atomic E-state index is 0.0834. The van der Waals surface area contributed by atoms with E-state index in [0.717, 1.165) is 57.8 Å². The molecular formula is C32H48O8. The SMILES string of the molecule is COCc1cccc(CCC=C[C@@H]2[C@@H](CCCCCC(O)C(=O)OC)[C@@H](OC(C)=O)C[C@H]2OC2CCCCO2)c1. The third-order valence-corrected chi connectivity index (χ3v) is 7.90. The number of carbonyl (C=O) groups is 2. The number of unbranched alkanes of at least 4 members (excludes halogenated alkanes) is 2.